The Labute approximate surface area is 205 Å². The monoisotopic (exact) mass is 470 g/mol. The maximum Gasteiger partial charge on any atom is 0.305 e. The first-order valence-electron chi connectivity index (χ1n) is 11.9. The molecule has 1 aliphatic rings. The van der Waals surface area contributed by atoms with Crippen molar-refractivity contribution in [3.63, 3.8) is 0 Å². The van der Waals surface area contributed by atoms with Crippen LogP contribution in [0.25, 0.3) is 0 Å². The van der Waals surface area contributed by atoms with Crippen molar-refractivity contribution < 1.29 is 19.5 Å². The average molecular weight is 471 g/mol. The zero-order chi connectivity index (χ0) is 24.8. The molecule has 4 rings (SSSR count). The summed E-state index contributed by atoms with van der Waals surface area (Å²) in [5.74, 6) is -1.36. The summed E-state index contributed by atoms with van der Waals surface area (Å²) in [6.45, 7) is 2.79. The van der Waals surface area contributed by atoms with Crippen LogP contribution < -0.4 is 0 Å². The maximum atomic E-state index is 13.9. The van der Waals surface area contributed by atoms with Crippen molar-refractivity contribution in [2.75, 3.05) is 13.1 Å². The largest absolute Gasteiger partial charge is 0.481 e. The smallest absolute Gasteiger partial charge is 0.305 e. The Hall–Kier alpha value is -3.93. The van der Waals surface area contributed by atoms with Crippen LogP contribution in [0.3, 0.4) is 0 Å². The molecule has 0 spiro atoms. The van der Waals surface area contributed by atoms with Crippen molar-refractivity contribution in [1.29, 1.82) is 0 Å². The van der Waals surface area contributed by atoms with Crippen LogP contribution in [0, 0.1) is 6.92 Å². The van der Waals surface area contributed by atoms with Crippen molar-refractivity contribution in [3.05, 3.63) is 107 Å². The summed E-state index contributed by atoms with van der Waals surface area (Å²) < 4.78 is 0. The van der Waals surface area contributed by atoms with Crippen LogP contribution in [-0.4, -0.2) is 51.8 Å². The highest BCUT2D eigenvalue weighted by Crippen LogP contribution is 2.26. The number of carbonyl (C=O) groups excluding carboxylic acids is 2. The van der Waals surface area contributed by atoms with E-state index in [1.54, 1.807) is 21.9 Å². The molecule has 0 bridgehead atoms. The Morgan fingerprint density at radius 2 is 1.54 bits per heavy atom. The van der Waals surface area contributed by atoms with E-state index in [0.717, 1.165) is 22.3 Å². The molecule has 1 aliphatic heterocycles. The minimum Gasteiger partial charge on any atom is -0.481 e. The topological polar surface area (TPSA) is 77.9 Å². The van der Waals surface area contributed by atoms with E-state index in [2.05, 4.69) is 0 Å². The third-order valence-electron chi connectivity index (χ3n) is 6.51. The van der Waals surface area contributed by atoms with Gasteiger partial charge in [-0.25, -0.2) is 0 Å². The minimum atomic E-state index is -0.955. The Morgan fingerprint density at radius 1 is 0.886 bits per heavy atom. The van der Waals surface area contributed by atoms with E-state index in [1.807, 2.05) is 73.7 Å². The van der Waals surface area contributed by atoms with E-state index < -0.39 is 12.0 Å². The van der Waals surface area contributed by atoms with Crippen LogP contribution in [0.1, 0.15) is 39.0 Å². The standard InChI is InChI=1S/C29H30N2O4/c1-21-11-13-23(14-12-21)28(34)31-20-25-10-6-5-9-24(25)19-26(31)29(35)30(18-16-27(32)33)17-15-22-7-3-2-4-8-22/h2-14,26H,15-20H2,1H3,(H,32,33)/t26-/m0/s1. The zero-order valence-electron chi connectivity index (χ0n) is 19.9. The number of nitrogens with zero attached hydrogens (tertiary/aromatic N) is 2. The molecule has 0 aliphatic carbocycles. The van der Waals surface area contributed by atoms with Gasteiger partial charge in [0.25, 0.3) is 5.91 Å². The molecule has 1 atom stereocenters. The van der Waals surface area contributed by atoms with Gasteiger partial charge in [0.1, 0.15) is 6.04 Å². The first-order chi connectivity index (χ1) is 16.9. The number of carbonyl (C=O) groups is 3. The lowest BCUT2D eigenvalue weighted by Crippen LogP contribution is -2.54. The Kier molecular flexibility index (Phi) is 7.60. The first kappa shape index (κ1) is 24.2. The third kappa shape index (κ3) is 5.96. The molecule has 180 valence electrons. The highest BCUT2D eigenvalue weighted by molar-refractivity contribution is 5.98. The molecule has 1 heterocycles. The Bertz CT molecular complexity index is 1190. The van der Waals surface area contributed by atoms with Crippen LogP contribution in [0.15, 0.2) is 78.9 Å². The average Bonchev–Trinajstić information content (AvgIpc) is 2.88. The summed E-state index contributed by atoms with van der Waals surface area (Å²) in [4.78, 5) is 42.0. The van der Waals surface area contributed by atoms with Crippen LogP contribution in [-0.2, 0) is 29.0 Å². The van der Waals surface area contributed by atoms with Gasteiger partial charge in [0.15, 0.2) is 0 Å². The van der Waals surface area contributed by atoms with Gasteiger partial charge in [-0.05, 0) is 42.2 Å². The summed E-state index contributed by atoms with van der Waals surface area (Å²) in [5.41, 5.74) is 4.73. The van der Waals surface area contributed by atoms with Gasteiger partial charge >= 0.3 is 5.97 Å². The van der Waals surface area contributed by atoms with Crippen molar-refractivity contribution in [1.82, 2.24) is 9.80 Å². The first-order valence-corrected chi connectivity index (χ1v) is 11.9. The van der Waals surface area contributed by atoms with E-state index >= 15 is 0 Å². The number of aryl methyl sites for hydroxylation is 1. The van der Waals surface area contributed by atoms with Gasteiger partial charge in [-0.1, -0.05) is 72.3 Å². The fraction of sp³-hybridized carbons (Fsp3) is 0.276. The second kappa shape index (κ2) is 11.0. The number of benzene rings is 3. The molecule has 0 saturated carbocycles. The van der Waals surface area contributed by atoms with Gasteiger partial charge in [-0.2, -0.15) is 0 Å². The summed E-state index contributed by atoms with van der Waals surface area (Å²) in [6.07, 6.45) is 0.874. The van der Waals surface area contributed by atoms with Gasteiger partial charge in [-0.15, -0.1) is 0 Å². The van der Waals surface area contributed by atoms with Crippen molar-refractivity contribution in [3.8, 4) is 0 Å². The number of amides is 2. The van der Waals surface area contributed by atoms with Gasteiger partial charge < -0.3 is 14.9 Å². The fourth-order valence-electron chi connectivity index (χ4n) is 4.50. The van der Waals surface area contributed by atoms with Gasteiger partial charge in [0.2, 0.25) is 5.91 Å². The van der Waals surface area contributed by atoms with Crippen molar-refractivity contribution >= 4 is 17.8 Å². The number of carboxylic acid groups (broad SMARTS) is 1. The number of rotatable bonds is 8. The molecule has 35 heavy (non-hydrogen) atoms. The number of hydrogen-bond acceptors (Lipinski definition) is 3. The molecule has 0 fully saturated rings. The minimum absolute atomic E-state index is 0.103. The molecular weight excluding hydrogens is 440 g/mol. The molecule has 0 saturated heterocycles. The molecular formula is C29H30N2O4. The van der Waals surface area contributed by atoms with Crippen LogP contribution in [0.4, 0.5) is 0 Å². The highest BCUT2D eigenvalue weighted by atomic mass is 16.4. The molecule has 0 aromatic heterocycles. The second-order valence-electron chi connectivity index (χ2n) is 8.99. The number of aliphatic carboxylic acids is 1. The maximum absolute atomic E-state index is 13.9. The lowest BCUT2D eigenvalue weighted by atomic mass is 9.92. The summed E-state index contributed by atoms with van der Waals surface area (Å²) >= 11 is 0. The quantitative estimate of drug-likeness (QED) is 0.538. The lowest BCUT2D eigenvalue weighted by molar-refractivity contribution is -0.140. The molecule has 3 aromatic carbocycles. The molecule has 0 unspecified atom stereocenters. The van der Waals surface area contributed by atoms with E-state index in [0.29, 0.717) is 31.5 Å². The van der Waals surface area contributed by atoms with Gasteiger partial charge in [-0.3, -0.25) is 14.4 Å². The Balaban J connectivity index is 1.62. The molecule has 6 heteroatoms. The summed E-state index contributed by atoms with van der Waals surface area (Å²) in [6, 6.07) is 24.3. The van der Waals surface area contributed by atoms with Crippen LogP contribution >= 0.6 is 0 Å². The summed E-state index contributed by atoms with van der Waals surface area (Å²) in [7, 11) is 0. The molecule has 3 aromatic rings. The highest BCUT2D eigenvalue weighted by Gasteiger charge is 2.37. The van der Waals surface area contributed by atoms with E-state index in [9.17, 15) is 19.5 Å². The number of fused-ring (bicyclic) bond motifs is 1. The molecule has 1 N–H and O–H groups in total. The Morgan fingerprint density at radius 3 is 2.23 bits per heavy atom. The number of carboxylic acids is 1. The predicted octanol–water partition coefficient (Wildman–Crippen LogP) is 4.11. The normalized spacial score (nSPS) is 14.8. The summed E-state index contributed by atoms with van der Waals surface area (Å²) in [5, 5.41) is 9.28. The molecule has 0 radical (unpaired) electrons. The molecule has 6 nitrogen and oxygen atoms in total. The zero-order valence-corrected chi connectivity index (χ0v) is 19.9. The number of hydrogen-bond donors (Lipinski definition) is 1. The van der Waals surface area contributed by atoms with Crippen molar-refractivity contribution in [2.45, 2.75) is 38.8 Å². The third-order valence-corrected chi connectivity index (χ3v) is 6.51. The second-order valence-corrected chi connectivity index (χ2v) is 8.99. The molecule has 2 amide bonds. The van der Waals surface area contributed by atoms with Crippen LogP contribution in [0.2, 0.25) is 0 Å². The van der Waals surface area contributed by atoms with Gasteiger partial charge in [0, 0.05) is 31.6 Å². The lowest BCUT2D eigenvalue weighted by Gasteiger charge is -2.38. The SMILES string of the molecule is Cc1ccc(C(=O)N2Cc3ccccc3C[C@H]2C(=O)N(CCC(=O)O)CCc2ccccc2)cc1. The van der Waals surface area contributed by atoms with Crippen LogP contribution in [0.5, 0.6) is 0 Å². The predicted molar refractivity (Wildman–Crippen MR) is 134 cm³/mol. The van der Waals surface area contributed by atoms with E-state index in [-0.39, 0.29) is 24.8 Å². The van der Waals surface area contributed by atoms with E-state index in [4.69, 9.17) is 0 Å². The van der Waals surface area contributed by atoms with Gasteiger partial charge in [0.05, 0.1) is 6.42 Å². The fourth-order valence-corrected chi connectivity index (χ4v) is 4.50. The van der Waals surface area contributed by atoms with E-state index in [1.165, 1.54) is 0 Å². The van der Waals surface area contributed by atoms with Crippen molar-refractivity contribution in [2.24, 2.45) is 0 Å².